The highest BCUT2D eigenvalue weighted by atomic mass is 35.5. The number of hydrogen-bond donors (Lipinski definition) is 1. The molecule has 0 aromatic heterocycles. The number of aryl methyl sites for hydroxylation is 1. The molecule has 0 bridgehead atoms. The van der Waals surface area contributed by atoms with Crippen molar-refractivity contribution in [1.82, 2.24) is 0 Å². The Morgan fingerprint density at radius 1 is 1.06 bits per heavy atom. The van der Waals surface area contributed by atoms with Crippen molar-refractivity contribution in [3.63, 3.8) is 0 Å². The Bertz CT molecular complexity index is 509. The molecule has 0 saturated heterocycles. The average Bonchev–Trinajstić information content (AvgIpc) is 2.29. The first kappa shape index (κ1) is 11.7. The largest absolute Gasteiger partial charge is 0.396 e. The van der Waals surface area contributed by atoms with Gasteiger partial charge in [-0.3, -0.25) is 0 Å². The van der Waals surface area contributed by atoms with Gasteiger partial charge in [-0.15, -0.1) is 0 Å². The minimum Gasteiger partial charge on any atom is -0.396 e. The zero-order chi connectivity index (χ0) is 11.5. The first-order valence-corrected chi connectivity index (χ1v) is 5.95. The normalized spacial score (nSPS) is 10.9. The Morgan fingerprint density at radius 2 is 1.81 bits per heavy atom. The summed E-state index contributed by atoms with van der Waals surface area (Å²) in [6, 6.07) is 9.73. The second kappa shape index (κ2) is 5.05. The van der Waals surface area contributed by atoms with E-state index in [0.717, 1.165) is 34.2 Å². The van der Waals surface area contributed by atoms with Gasteiger partial charge in [0.15, 0.2) is 0 Å². The predicted molar refractivity (Wildman–Crippen MR) is 69.4 cm³/mol. The molecule has 0 aliphatic carbocycles. The van der Waals surface area contributed by atoms with Crippen LogP contribution in [0.2, 0.25) is 10.0 Å². The summed E-state index contributed by atoms with van der Waals surface area (Å²) in [4.78, 5) is 0. The molecule has 1 N–H and O–H groups in total. The Labute approximate surface area is 105 Å². The fourth-order valence-corrected chi connectivity index (χ4v) is 2.26. The fourth-order valence-electron chi connectivity index (χ4n) is 1.76. The number of hydrogen-bond acceptors (Lipinski definition) is 1. The summed E-state index contributed by atoms with van der Waals surface area (Å²) in [5, 5.41) is 12.3. The number of aliphatic hydroxyl groups excluding tert-OH is 1. The van der Waals surface area contributed by atoms with Crippen LogP contribution in [0.4, 0.5) is 0 Å². The highest BCUT2D eigenvalue weighted by Crippen LogP contribution is 2.30. The highest BCUT2D eigenvalue weighted by molar-refractivity contribution is 6.37. The van der Waals surface area contributed by atoms with Gasteiger partial charge in [0, 0.05) is 17.0 Å². The molecule has 0 atom stereocenters. The second-order valence-corrected chi connectivity index (χ2v) is 4.55. The van der Waals surface area contributed by atoms with Gasteiger partial charge in [-0.2, -0.15) is 0 Å². The van der Waals surface area contributed by atoms with E-state index in [9.17, 15) is 0 Å². The Kier molecular flexibility index (Phi) is 3.70. The highest BCUT2D eigenvalue weighted by Gasteiger charge is 2.05. The molecule has 1 nitrogen and oxygen atoms in total. The summed E-state index contributed by atoms with van der Waals surface area (Å²) >= 11 is 12.3. The average molecular weight is 255 g/mol. The molecule has 16 heavy (non-hydrogen) atoms. The van der Waals surface area contributed by atoms with Gasteiger partial charge in [-0.25, -0.2) is 0 Å². The summed E-state index contributed by atoms with van der Waals surface area (Å²) in [7, 11) is 0. The zero-order valence-corrected chi connectivity index (χ0v) is 10.2. The van der Waals surface area contributed by atoms with Crippen molar-refractivity contribution in [3.8, 4) is 0 Å². The number of fused-ring (bicyclic) bond motifs is 1. The molecular formula is C13H12Cl2O. The lowest BCUT2D eigenvalue weighted by molar-refractivity contribution is 0.288. The van der Waals surface area contributed by atoms with Crippen LogP contribution in [0.15, 0.2) is 30.3 Å². The molecule has 2 aromatic rings. The molecule has 3 heteroatoms. The van der Waals surface area contributed by atoms with Crippen LogP contribution in [0.1, 0.15) is 12.0 Å². The van der Waals surface area contributed by atoms with Crippen molar-refractivity contribution in [2.24, 2.45) is 0 Å². The SMILES string of the molecule is OCCCc1ccc2ccc(Cl)cc2c1Cl. The van der Waals surface area contributed by atoms with Gasteiger partial charge in [0.2, 0.25) is 0 Å². The molecule has 0 aliphatic rings. The van der Waals surface area contributed by atoms with Gasteiger partial charge in [-0.1, -0.05) is 41.4 Å². The fraction of sp³-hybridized carbons (Fsp3) is 0.231. The van der Waals surface area contributed by atoms with Crippen LogP contribution in [0.3, 0.4) is 0 Å². The molecule has 0 unspecified atom stereocenters. The Hall–Kier alpha value is -0.760. The maximum Gasteiger partial charge on any atom is 0.0516 e. The lowest BCUT2D eigenvalue weighted by Gasteiger charge is -2.07. The van der Waals surface area contributed by atoms with E-state index in [4.69, 9.17) is 28.3 Å². The van der Waals surface area contributed by atoms with Crippen molar-refractivity contribution in [2.45, 2.75) is 12.8 Å². The summed E-state index contributed by atoms with van der Waals surface area (Å²) in [5.74, 6) is 0. The van der Waals surface area contributed by atoms with Crippen molar-refractivity contribution >= 4 is 34.0 Å². The van der Waals surface area contributed by atoms with Gasteiger partial charge < -0.3 is 5.11 Å². The number of rotatable bonds is 3. The van der Waals surface area contributed by atoms with E-state index in [1.54, 1.807) is 0 Å². The third-order valence-corrected chi connectivity index (χ3v) is 3.28. The summed E-state index contributed by atoms with van der Waals surface area (Å²) in [6.07, 6.45) is 1.52. The van der Waals surface area contributed by atoms with Gasteiger partial charge in [0.25, 0.3) is 0 Å². The van der Waals surface area contributed by atoms with Crippen LogP contribution < -0.4 is 0 Å². The quantitative estimate of drug-likeness (QED) is 0.876. The molecular weight excluding hydrogens is 243 g/mol. The molecule has 84 valence electrons. The van der Waals surface area contributed by atoms with E-state index >= 15 is 0 Å². The van der Waals surface area contributed by atoms with E-state index in [1.165, 1.54) is 0 Å². The number of benzene rings is 2. The third kappa shape index (κ3) is 2.32. The van der Waals surface area contributed by atoms with E-state index in [1.807, 2.05) is 30.3 Å². The predicted octanol–water partition coefficient (Wildman–Crippen LogP) is 4.07. The maximum absolute atomic E-state index is 8.81. The van der Waals surface area contributed by atoms with Crippen molar-refractivity contribution in [2.75, 3.05) is 6.61 Å². The Balaban J connectivity index is 2.50. The first-order chi connectivity index (χ1) is 7.72. The van der Waals surface area contributed by atoms with E-state index in [0.29, 0.717) is 5.02 Å². The maximum atomic E-state index is 8.81. The molecule has 2 rings (SSSR count). The molecule has 0 saturated carbocycles. The molecule has 0 radical (unpaired) electrons. The lowest BCUT2D eigenvalue weighted by Crippen LogP contribution is -1.91. The zero-order valence-electron chi connectivity index (χ0n) is 8.71. The third-order valence-electron chi connectivity index (χ3n) is 2.60. The Morgan fingerprint density at radius 3 is 2.56 bits per heavy atom. The monoisotopic (exact) mass is 254 g/mol. The second-order valence-electron chi connectivity index (χ2n) is 3.73. The minimum atomic E-state index is 0.184. The summed E-state index contributed by atoms with van der Waals surface area (Å²) < 4.78 is 0. The van der Waals surface area contributed by atoms with E-state index in [2.05, 4.69) is 0 Å². The van der Waals surface area contributed by atoms with E-state index in [-0.39, 0.29) is 6.61 Å². The first-order valence-electron chi connectivity index (χ1n) is 5.20. The van der Waals surface area contributed by atoms with Crippen LogP contribution in [0, 0.1) is 0 Å². The smallest absolute Gasteiger partial charge is 0.0516 e. The number of aliphatic hydroxyl groups is 1. The summed E-state index contributed by atoms with van der Waals surface area (Å²) in [6.45, 7) is 0.184. The molecule has 0 fully saturated rings. The van der Waals surface area contributed by atoms with Crippen LogP contribution in [0.25, 0.3) is 10.8 Å². The standard InChI is InChI=1S/C13H12Cl2O/c14-11-6-5-9-3-4-10(2-1-7-16)13(15)12(9)8-11/h3-6,8,16H,1-2,7H2. The van der Waals surface area contributed by atoms with Gasteiger partial charge >= 0.3 is 0 Å². The minimum absolute atomic E-state index is 0.184. The van der Waals surface area contributed by atoms with Gasteiger partial charge in [-0.05, 0) is 35.9 Å². The van der Waals surface area contributed by atoms with Crippen molar-refractivity contribution < 1.29 is 5.11 Å². The van der Waals surface area contributed by atoms with Crippen LogP contribution in [0.5, 0.6) is 0 Å². The van der Waals surface area contributed by atoms with Crippen molar-refractivity contribution in [3.05, 3.63) is 45.9 Å². The molecule has 0 heterocycles. The molecule has 2 aromatic carbocycles. The van der Waals surface area contributed by atoms with E-state index < -0.39 is 0 Å². The van der Waals surface area contributed by atoms with Crippen molar-refractivity contribution in [1.29, 1.82) is 0 Å². The van der Waals surface area contributed by atoms with Crippen LogP contribution in [-0.2, 0) is 6.42 Å². The van der Waals surface area contributed by atoms with Gasteiger partial charge in [0.05, 0.1) is 5.02 Å². The van der Waals surface area contributed by atoms with Crippen LogP contribution >= 0.6 is 23.2 Å². The summed E-state index contributed by atoms with van der Waals surface area (Å²) in [5.41, 5.74) is 1.06. The van der Waals surface area contributed by atoms with Gasteiger partial charge in [0.1, 0.15) is 0 Å². The topological polar surface area (TPSA) is 20.2 Å². The van der Waals surface area contributed by atoms with Crippen LogP contribution in [-0.4, -0.2) is 11.7 Å². The molecule has 0 aliphatic heterocycles. The lowest BCUT2D eigenvalue weighted by atomic mass is 10.0. The molecule has 0 amide bonds. The molecule has 0 spiro atoms. The number of halogens is 2.